The molecule has 0 fully saturated rings. The molecule has 1 aliphatic carbocycles. The molecule has 2 heterocycles. The van der Waals surface area contributed by atoms with E-state index < -0.39 is 0 Å². The van der Waals surface area contributed by atoms with E-state index in [0.717, 1.165) is 34.2 Å². The summed E-state index contributed by atoms with van der Waals surface area (Å²) in [5.41, 5.74) is 4.20. The van der Waals surface area contributed by atoms with Gasteiger partial charge in [0.05, 0.1) is 5.69 Å². The van der Waals surface area contributed by atoms with E-state index in [1.165, 1.54) is 0 Å². The Kier molecular flexibility index (Phi) is 2.68. The highest BCUT2D eigenvalue weighted by Gasteiger charge is 2.34. The molecule has 0 bridgehead atoms. The van der Waals surface area contributed by atoms with Gasteiger partial charge >= 0.3 is 0 Å². The number of Topliss-reactive ketones (excluding diaryl/α,β-unsaturated/α-hetero) is 1. The van der Waals surface area contributed by atoms with Crippen molar-refractivity contribution >= 4 is 17.1 Å². The van der Waals surface area contributed by atoms with Crippen LogP contribution in [0.1, 0.15) is 47.7 Å². The van der Waals surface area contributed by atoms with E-state index in [2.05, 4.69) is 35.7 Å². The fraction of sp³-hybridized carbons (Fsp3) is 0.467. The van der Waals surface area contributed by atoms with Gasteiger partial charge in [0.1, 0.15) is 0 Å². The second-order valence-electron chi connectivity index (χ2n) is 6.19. The zero-order chi connectivity index (χ0) is 13.8. The van der Waals surface area contributed by atoms with Gasteiger partial charge in [0.2, 0.25) is 0 Å². The van der Waals surface area contributed by atoms with E-state index in [-0.39, 0.29) is 11.2 Å². The third kappa shape index (κ3) is 2.04. The van der Waals surface area contributed by atoms with Crippen LogP contribution < -0.4 is 0 Å². The van der Waals surface area contributed by atoms with Gasteiger partial charge in [-0.1, -0.05) is 13.8 Å². The van der Waals surface area contributed by atoms with Crippen LogP contribution in [0, 0.1) is 19.3 Å². The largest absolute Gasteiger partial charge is 0.294 e. The second kappa shape index (κ2) is 4.04. The predicted molar refractivity (Wildman–Crippen MR) is 77.3 cm³/mol. The summed E-state index contributed by atoms with van der Waals surface area (Å²) in [6.45, 7) is 8.37. The van der Waals surface area contributed by atoms with Gasteiger partial charge < -0.3 is 0 Å². The maximum Gasteiger partial charge on any atom is 0.194 e. The molecule has 1 aliphatic rings. The maximum absolute atomic E-state index is 12.3. The maximum atomic E-state index is 12.3. The molecule has 0 aliphatic heterocycles. The third-order valence-corrected chi connectivity index (χ3v) is 4.61. The molecule has 0 spiro atoms. The van der Waals surface area contributed by atoms with Crippen LogP contribution in [0.5, 0.6) is 0 Å². The minimum atomic E-state index is 0.0406. The molecule has 0 saturated heterocycles. The molecule has 0 atom stereocenters. The zero-order valence-corrected chi connectivity index (χ0v) is 12.6. The van der Waals surface area contributed by atoms with Gasteiger partial charge in [0.15, 0.2) is 10.9 Å². The van der Waals surface area contributed by atoms with Crippen LogP contribution in [0.15, 0.2) is 11.4 Å². The number of thiazole rings is 1. The van der Waals surface area contributed by atoms with Crippen LogP contribution in [0.2, 0.25) is 0 Å². The molecule has 0 radical (unpaired) electrons. The number of rotatable bonds is 1. The monoisotopic (exact) mass is 274 g/mol. The molecular weight excluding hydrogens is 256 g/mol. The molecule has 0 amide bonds. The zero-order valence-electron chi connectivity index (χ0n) is 11.8. The molecule has 2 aromatic rings. The van der Waals surface area contributed by atoms with Crippen molar-refractivity contribution in [1.29, 1.82) is 0 Å². The third-order valence-electron chi connectivity index (χ3n) is 3.67. The van der Waals surface area contributed by atoms with Crippen molar-refractivity contribution in [2.24, 2.45) is 5.41 Å². The number of carbonyl (C=O) groups excluding carboxylic acids is 1. The summed E-state index contributed by atoms with van der Waals surface area (Å²) < 4.78 is 2.16. The lowest BCUT2D eigenvalue weighted by molar-refractivity contribution is 0.0911. The van der Waals surface area contributed by atoms with Crippen molar-refractivity contribution in [3.8, 4) is 5.13 Å². The Hall–Kier alpha value is -1.42. The second-order valence-corrected chi connectivity index (χ2v) is 7.03. The number of nitrogens with zero attached hydrogens (tertiary/aromatic N) is 2. The predicted octanol–water partition coefficient (Wildman–Crippen LogP) is 3.71. The number of carbonyl (C=O) groups is 1. The first-order chi connectivity index (χ1) is 8.87. The number of fused-ring (bicyclic) bond motifs is 1. The van der Waals surface area contributed by atoms with Gasteiger partial charge in [-0.25, -0.2) is 4.98 Å². The summed E-state index contributed by atoms with van der Waals surface area (Å²) >= 11 is 1.64. The number of hydrogen-bond acceptors (Lipinski definition) is 3. The molecule has 0 aromatic carbocycles. The molecular formula is C15H18N2OS. The SMILES string of the molecule is Cc1csc(-n2c(C)cc3c2CC(C)(C)CC3=O)n1. The van der Waals surface area contributed by atoms with Crippen molar-refractivity contribution < 1.29 is 4.79 Å². The standard InChI is InChI=1S/C15H18N2OS/c1-9-8-19-14(16-9)17-10(2)5-11-12(17)6-15(3,4)7-13(11)18/h5,8H,6-7H2,1-4H3. The number of aromatic nitrogens is 2. The molecule has 0 saturated carbocycles. The fourth-order valence-corrected chi connectivity index (χ4v) is 3.75. The lowest BCUT2D eigenvalue weighted by Gasteiger charge is -2.29. The number of ketones is 1. The Labute approximate surface area is 117 Å². The molecule has 3 nitrogen and oxygen atoms in total. The van der Waals surface area contributed by atoms with Crippen molar-refractivity contribution in [2.45, 2.75) is 40.5 Å². The molecule has 2 aromatic heterocycles. The van der Waals surface area contributed by atoms with Gasteiger partial charge in [-0.3, -0.25) is 9.36 Å². The Morgan fingerprint density at radius 1 is 1.32 bits per heavy atom. The molecule has 19 heavy (non-hydrogen) atoms. The first kappa shape index (κ1) is 12.6. The number of hydrogen-bond donors (Lipinski definition) is 0. The summed E-state index contributed by atoms with van der Waals surface area (Å²) in [7, 11) is 0. The van der Waals surface area contributed by atoms with Crippen LogP contribution >= 0.6 is 11.3 Å². The van der Waals surface area contributed by atoms with Crippen LogP contribution in [0.3, 0.4) is 0 Å². The Morgan fingerprint density at radius 2 is 2.05 bits per heavy atom. The summed E-state index contributed by atoms with van der Waals surface area (Å²) in [4.78, 5) is 16.8. The van der Waals surface area contributed by atoms with Crippen LogP contribution in [-0.2, 0) is 6.42 Å². The van der Waals surface area contributed by atoms with Gasteiger partial charge in [-0.15, -0.1) is 11.3 Å². The molecule has 0 unspecified atom stereocenters. The average molecular weight is 274 g/mol. The van der Waals surface area contributed by atoms with Gasteiger partial charge in [0.25, 0.3) is 0 Å². The van der Waals surface area contributed by atoms with Crippen molar-refractivity contribution in [2.75, 3.05) is 0 Å². The lowest BCUT2D eigenvalue weighted by atomic mass is 9.76. The highest BCUT2D eigenvalue weighted by atomic mass is 32.1. The highest BCUT2D eigenvalue weighted by molar-refractivity contribution is 7.12. The first-order valence-corrected chi connectivity index (χ1v) is 7.42. The van der Waals surface area contributed by atoms with Crippen molar-refractivity contribution in [3.05, 3.63) is 34.1 Å². The molecule has 4 heteroatoms. The molecule has 0 N–H and O–H groups in total. The number of aryl methyl sites for hydroxylation is 2. The van der Waals surface area contributed by atoms with E-state index in [9.17, 15) is 4.79 Å². The summed E-state index contributed by atoms with van der Waals surface area (Å²) in [6.07, 6.45) is 1.57. The molecule has 3 rings (SSSR count). The van der Waals surface area contributed by atoms with E-state index in [1.807, 2.05) is 13.0 Å². The van der Waals surface area contributed by atoms with Gasteiger partial charge in [-0.2, -0.15) is 0 Å². The Morgan fingerprint density at radius 3 is 2.68 bits per heavy atom. The van der Waals surface area contributed by atoms with E-state index >= 15 is 0 Å². The smallest absolute Gasteiger partial charge is 0.194 e. The van der Waals surface area contributed by atoms with E-state index in [4.69, 9.17) is 0 Å². The summed E-state index contributed by atoms with van der Waals surface area (Å²) in [5, 5.41) is 3.03. The minimum Gasteiger partial charge on any atom is -0.294 e. The van der Waals surface area contributed by atoms with Gasteiger partial charge in [-0.05, 0) is 31.7 Å². The van der Waals surface area contributed by atoms with Crippen molar-refractivity contribution in [1.82, 2.24) is 9.55 Å². The normalized spacial score (nSPS) is 17.6. The highest BCUT2D eigenvalue weighted by Crippen LogP contribution is 2.37. The van der Waals surface area contributed by atoms with Gasteiger partial charge in [0, 0.05) is 28.8 Å². The molecule has 100 valence electrons. The van der Waals surface area contributed by atoms with Crippen LogP contribution in [0.4, 0.5) is 0 Å². The first-order valence-electron chi connectivity index (χ1n) is 6.54. The topological polar surface area (TPSA) is 34.9 Å². The van der Waals surface area contributed by atoms with E-state index in [0.29, 0.717) is 6.42 Å². The summed E-state index contributed by atoms with van der Waals surface area (Å²) in [6, 6.07) is 2.02. The Bertz CT molecular complexity index is 664. The fourth-order valence-electron chi connectivity index (χ4n) is 2.86. The van der Waals surface area contributed by atoms with Crippen LogP contribution in [0.25, 0.3) is 5.13 Å². The average Bonchev–Trinajstić information content (AvgIpc) is 2.81. The van der Waals surface area contributed by atoms with Crippen molar-refractivity contribution in [3.63, 3.8) is 0 Å². The lowest BCUT2D eigenvalue weighted by Crippen LogP contribution is -2.27. The Balaban J connectivity index is 2.20. The van der Waals surface area contributed by atoms with E-state index in [1.54, 1.807) is 11.3 Å². The van der Waals surface area contributed by atoms with Crippen LogP contribution in [-0.4, -0.2) is 15.3 Å². The summed E-state index contributed by atoms with van der Waals surface area (Å²) in [5.74, 6) is 0.265. The quantitative estimate of drug-likeness (QED) is 0.794. The minimum absolute atomic E-state index is 0.0406.